The Balaban J connectivity index is 4.08. The zero-order valence-corrected chi connectivity index (χ0v) is 19.9. The largest absolute Gasteiger partial charge is 0.444 e. The fraction of sp³-hybridized carbons (Fsp3) is 0.909. The first-order valence-corrected chi connectivity index (χ1v) is 11.1. The van der Waals surface area contributed by atoms with Crippen LogP contribution in [0.5, 0.6) is 0 Å². The first-order valence-electron chi connectivity index (χ1n) is 11.1. The summed E-state index contributed by atoms with van der Waals surface area (Å²) in [7, 11) is 0. The molecule has 0 aliphatic carbocycles. The summed E-state index contributed by atoms with van der Waals surface area (Å²) in [6, 6.07) is 0. The van der Waals surface area contributed by atoms with Crippen LogP contribution in [0.25, 0.3) is 0 Å². The number of amides is 2. The van der Waals surface area contributed by atoms with Crippen molar-refractivity contribution in [2.75, 3.05) is 39.4 Å². The molecule has 0 heterocycles. The highest BCUT2D eigenvalue weighted by Gasteiger charge is 2.22. The number of rotatable bonds is 13. The van der Waals surface area contributed by atoms with Crippen molar-refractivity contribution in [3.8, 4) is 0 Å². The van der Waals surface area contributed by atoms with E-state index in [0.29, 0.717) is 13.1 Å². The minimum atomic E-state index is -0.548. The van der Waals surface area contributed by atoms with E-state index in [4.69, 9.17) is 19.7 Å². The van der Waals surface area contributed by atoms with E-state index in [-0.39, 0.29) is 38.5 Å². The lowest BCUT2D eigenvalue weighted by Gasteiger charge is -2.27. The van der Waals surface area contributed by atoms with E-state index >= 15 is 0 Å². The zero-order chi connectivity index (χ0) is 23.2. The van der Waals surface area contributed by atoms with Crippen molar-refractivity contribution in [3.05, 3.63) is 0 Å². The van der Waals surface area contributed by atoms with Gasteiger partial charge in [-0.05, 0) is 54.4 Å². The van der Waals surface area contributed by atoms with Gasteiger partial charge in [0.15, 0.2) is 0 Å². The van der Waals surface area contributed by atoms with Crippen LogP contribution in [0.4, 0.5) is 9.59 Å². The summed E-state index contributed by atoms with van der Waals surface area (Å²) in [5, 5.41) is 18.3. The number of nitrogens with zero attached hydrogens (tertiary/aromatic N) is 2. The predicted octanol–water partition coefficient (Wildman–Crippen LogP) is 3.79. The molecule has 0 saturated heterocycles. The van der Waals surface area contributed by atoms with E-state index < -0.39 is 11.2 Å². The van der Waals surface area contributed by atoms with Crippen molar-refractivity contribution in [2.45, 2.75) is 91.3 Å². The number of unbranched alkanes of at least 4 members (excludes halogenated alkanes) is 5. The fourth-order valence-electron chi connectivity index (χ4n) is 2.80. The Morgan fingerprint density at radius 3 is 1.17 bits per heavy atom. The van der Waals surface area contributed by atoms with Crippen molar-refractivity contribution >= 4 is 12.2 Å². The van der Waals surface area contributed by atoms with Crippen molar-refractivity contribution in [3.63, 3.8) is 0 Å². The van der Waals surface area contributed by atoms with Gasteiger partial charge >= 0.3 is 12.2 Å². The van der Waals surface area contributed by atoms with Crippen molar-refractivity contribution in [1.82, 2.24) is 9.80 Å². The van der Waals surface area contributed by atoms with E-state index in [1.807, 2.05) is 41.5 Å². The van der Waals surface area contributed by atoms with E-state index in [1.165, 1.54) is 0 Å². The molecule has 0 radical (unpaired) electrons. The first kappa shape index (κ1) is 28.5. The van der Waals surface area contributed by atoms with Crippen LogP contribution >= 0.6 is 0 Å². The second-order valence-corrected chi connectivity index (χ2v) is 9.50. The number of carbonyl (C=O) groups is 2. The number of aliphatic hydroxyl groups is 2. The average molecular weight is 433 g/mol. The van der Waals surface area contributed by atoms with Crippen LogP contribution in [0.15, 0.2) is 0 Å². The normalized spacial score (nSPS) is 11.9. The second kappa shape index (κ2) is 14.5. The quantitative estimate of drug-likeness (QED) is 0.430. The van der Waals surface area contributed by atoms with Crippen molar-refractivity contribution < 1.29 is 29.3 Å². The van der Waals surface area contributed by atoms with Crippen molar-refractivity contribution in [2.24, 2.45) is 0 Å². The Labute approximate surface area is 182 Å². The molecule has 30 heavy (non-hydrogen) atoms. The summed E-state index contributed by atoms with van der Waals surface area (Å²) in [6.07, 6.45) is 4.97. The number of carbonyl (C=O) groups excluding carboxylic acids is 2. The Hall–Kier alpha value is -1.54. The van der Waals surface area contributed by atoms with E-state index in [9.17, 15) is 9.59 Å². The molecule has 0 saturated carbocycles. The van der Waals surface area contributed by atoms with Gasteiger partial charge in [-0.2, -0.15) is 0 Å². The third kappa shape index (κ3) is 15.3. The van der Waals surface area contributed by atoms with Gasteiger partial charge in [-0.25, -0.2) is 9.59 Å². The molecule has 8 nitrogen and oxygen atoms in total. The molecule has 0 fully saturated rings. The molecule has 0 spiro atoms. The highest BCUT2D eigenvalue weighted by molar-refractivity contribution is 5.68. The smallest absolute Gasteiger partial charge is 0.410 e. The molecule has 0 aliphatic heterocycles. The summed E-state index contributed by atoms with van der Waals surface area (Å²) in [6.45, 7) is 12.5. The molecule has 0 atom stereocenters. The molecule has 2 amide bonds. The molecule has 0 rings (SSSR count). The molecule has 0 aromatic carbocycles. The maximum absolute atomic E-state index is 12.1. The van der Waals surface area contributed by atoms with Crippen LogP contribution < -0.4 is 0 Å². The number of aliphatic hydroxyl groups excluding tert-OH is 2. The van der Waals surface area contributed by atoms with Gasteiger partial charge in [0.2, 0.25) is 0 Å². The van der Waals surface area contributed by atoms with Crippen LogP contribution in [-0.2, 0) is 9.47 Å². The molecular formula is C22H44N2O6. The Bertz CT molecular complexity index is 441. The van der Waals surface area contributed by atoms with Gasteiger partial charge in [0, 0.05) is 26.2 Å². The number of ether oxygens (including phenoxy) is 2. The lowest BCUT2D eigenvalue weighted by Crippen LogP contribution is -2.39. The molecule has 0 unspecified atom stereocenters. The Kier molecular flexibility index (Phi) is 13.7. The van der Waals surface area contributed by atoms with Gasteiger partial charge in [0.05, 0.1) is 13.2 Å². The van der Waals surface area contributed by atoms with E-state index in [0.717, 1.165) is 38.5 Å². The highest BCUT2D eigenvalue weighted by Crippen LogP contribution is 2.13. The van der Waals surface area contributed by atoms with Crippen LogP contribution in [0, 0.1) is 0 Å². The summed E-state index contributed by atoms with van der Waals surface area (Å²) in [5.74, 6) is 0. The third-order valence-corrected chi connectivity index (χ3v) is 4.15. The zero-order valence-electron chi connectivity index (χ0n) is 19.9. The Morgan fingerprint density at radius 2 is 0.900 bits per heavy atom. The fourth-order valence-corrected chi connectivity index (χ4v) is 2.80. The van der Waals surface area contributed by atoms with Gasteiger partial charge in [-0.3, -0.25) is 0 Å². The highest BCUT2D eigenvalue weighted by atomic mass is 16.6. The monoisotopic (exact) mass is 432 g/mol. The lowest BCUT2D eigenvalue weighted by molar-refractivity contribution is 0.0205. The maximum Gasteiger partial charge on any atom is 0.410 e. The third-order valence-electron chi connectivity index (χ3n) is 4.15. The topological polar surface area (TPSA) is 99.5 Å². The van der Waals surface area contributed by atoms with Crippen LogP contribution in [0.2, 0.25) is 0 Å². The number of hydrogen-bond acceptors (Lipinski definition) is 6. The summed E-state index contributed by atoms with van der Waals surface area (Å²) in [5.41, 5.74) is -1.10. The molecule has 178 valence electrons. The van der Waals surface area contributed by atoms with E-state index in [1.54, 1.807) is 9.80 Å². The predicted molar refractivity (Wildman–Crippen MR) is 117 cm³/mol. The molecule has 0 aliphatic rings. The SMILES string of the molecule is CC(C)(C)OC(=O)N(CCO)CCCCCCCCN(CCO)C(=O)OC(C)(C)C. The number of hydrogen-bond donors (Lipinski definition) is 2. The van der Waals surface area contributed by atoms with Crippen LogP contribution in [0.3, 0.4) is 0 Å². The molecule has 0 bridgehead atoms. The van der Waals surface area contributed by atoms with Crippen LogP contribution in [0.1, 0.15) is 80.1 Å². The minimum absolute atomic E-state index is 0.0821. The molecule has 0 aromatic rings. The minimum Gasteiger partial charge on any atom is -0.444 e. The van der Waals surface area contributed by atoms with Gasteiger partial charge in [-0.1, -0.05) is 25.7 Å². The summed E-state index contributed by atoms with van der Waals surface area (Å²) in [4.78, 5) is 27.4. The van der Waals surface area contributed by atoms with Gasteiger partial charge in [0.1, 0.15) is 11.2 Å². The standard InChI is InChI=1S/C22H44N2O6/c1-21(2,3)29-19(27)23(15-17-25)13-11-9-7-8-10-12-14-24(16-18-26)20(28)30-22(4,5)6/h25-26H,7-18H2,1-6H3. The van der Waals surface area contributed by atoms with Crippen LogP contribution in [-0.4, -0.2) is 82.8 Å². The molecule has 0 aromatic heterocycles. The molecule has 8 heteroatoms. The van der Waals surface area contributed by atoms with E-state index in [2.05, 4.69) is 0 Å². The van der Waals surface area contributed by atoms with Gasteiger partial charge < -0.3 is 29.5 Å². The molecular weight excluding hydrogens is 388 g/mol. The Morgan fingerprint density at radius 1 is 0.600 bits per heavy atom. The maximum atomic E-state index is 12.1. The summed E-state index contributed by atoms with van der Waals surface area (Å²) >= 11 is 0. The average Bonchev–Trinajstić information content (AvgIpc) is 2.58. The summed E-state index contributed by atoms with van der Waals surface area (Å²) < 4.78 is 10.7. The van der Waals surface area contributed by atoms with Gasteiger partial charge in [0.25, 0.3) is 0 Å². The van der Waals surface area contributed by atoms with Gasteiger partial charge in [-0.15, -0.1) is 0 Å². The molecule has 2 N–H and O–H groups in total. The first-order chi connectivity index (χ1) is 13.9. The lowest BCUT2D eigenvalue weighted by atomic mass is 10.1. The second-order valence-electron chi connectivity index (χ2n) is 9.50. The van der Waals surface area contributed by atoms with Crippen molar-refractivity contribution in [1.29, 1.82) is 0 Å².